The predicted molar refractivity (Wildman–Crippen MR) is 66.6 cm³/mol. The molecule has 0 atom stereocenters. The lowest BCUT2D eigenvalue weighted by atomic mass is 10.1. The maximum atomic E-state index is 11.3. The van der Waals surface area contributed by atoms with Gasteiger partial charge >= 0.3 is 0 Å². The van der Waals surface area contributed by atoms with Gasteiger partial charge in [0.1, 0.15) is 5.69 Å². The average Bonchev–Trinajstić information content (AvgIpc) is 2.96. The maximum absolute atomic E-state index is 11.3. The average molecular weight is 262 g/mol. The molecule has 90 valence electrons. The number of fused-ring (bicyclic) bond motifs is 1. The van der Waals surface area contributed by atoms with Crippen LogP contribution in [0.5, 0.6) is 0 Å². The van der Waals surface area contributed by atoms with Crippen molar-refractivity contribution >= 4 is 28.8 Å². The fourth-order valence-electron chi connectivity index (χ4n) is 2.09. The van der Waals surface area contributed by atoms with Crippen molar-refractivity contribution in [2.45, 2.75) is 0 Å². The van der Waals surface area contributed by atoms with Crippen LogP contribution in [0.2, 0.25) is 5.02 Å². The molecular weight excluding hydrogens is 254 g/mol. The minimum absolute atomic E-state index is 0.312. The molecule has 0 unspecified atom stereocenters. The first-order valence-electron chi connectivity index (χ1n) is 5.22. The molecule has 18 heavy (non-hydrogen) atoms. The van der Waals surface area contributed by atoms with E-state index in [4.69, 9.17) is 16.0 Å². The van der Waals surface area contributed by atoms with Gasteiger partial charge in [0.15, 0.2) is 6.29 Å². The zero-order valence-electron chi connectivity index (χ0n) is 9.42. The van der Waals surface area contributed by atoms with Crippen molar-refractivity contribution in [3.05, 3.63) is 35.2 Å². The Morgan fingerprint density at radius 3 is 2.94 bits per heavy atom. The molecule has 2 heterocycles. The summed E-state index contributed by atoms with van der Waals surface area (Å²) in [6.45, 7) is 0. The summed E-state index contributed by atoms with van der Waals surface area (Å²) < 4.78 is 6.99. The molecular formula is C12H8ClN3O2. The molecule has 0 saturated heterocycles. The van der Waals surface area contributed by atoms with E-state index in [-0.39, 0.29) is 0 Å². The Balaban J connectivity index is 2.44. The van der Waals surface area contributed by atoms with Crippen LogP contribution >= 0.6 is 11.6 Å². The van der Waals surface area contributed by atoms with Crippen LogP contribution in [0.25, 0.3) is 22.5 Å². The summed E-state index contributed by atoms with van der Waals surface area (Å²) in [5.41, 5.74) is 1.96. The summed E-state index contributed by atoms with van der Waals surface area (Å²) in [7, 11) is 1.82. The van der Waals surface area contributed by atoms with E-state index in [1.54, 1.807) is 18.2 Å². The number of carbonyl (C=O) groups excluding carboxylic acids is 1. The number of aldehydes is 1. The highest BCUT2D eigenvalue weighted by atomic mass is 35.5. The summed E-state index contributed by atoms with van der Waals surface area (Å²) in [5, 5.41) is 8.89. The van der Waals surface area contributed by atoms with Crippen molar-refractivity contribution < 1.29 is 9.21 Å². The second-order valence-corrected chi connectivity index (χ2v) is 4.28. The van der Waals surface area contributed by atoms with Crippen molar-refractivity contribution in [2.24, 2.45) is 7.05 Å². The molecule has 0 bridgehead atoms. The van der Waals surface area contributed by atoms with Gasteiger partial charge in [0.2, 0.25) is 6.39 Å². The topological polar surface area (TPSA) is 60.9 Å². The lowest BCUT2D eigenvalue weighted by Gasteiger charge is -1.99. The molecule has 0 aliphatic carbocycles. The molecule has 0 radical (unpaired) electrons. The number of aryl methyl sites for hydroxylation is 1. The van der Waals surface area contributed by atoms with Crippen LogP contribution in [-0.4, -0.2) is 21.1 Å². The minimum Gasteiger partial charge on any atom is -0.422 e. The van der Waals surface area contributed by atoms with E-state index < -0.39 is 0 Å². The number of hydrogen-bond acceptors (Lipinski definition) is 4. The Kier molecular flexibility index (Phi) is 2.41. The van der Waals surface area contributed by atoms with Crippen LogP contribution in [0.1, 0.15) is 10.4 Å². The number of carbonyl (C=O) groups is 1. The first kappa shape index (κ1) is 11.0. The molecule has 3 rings (SSSR count). The van der Waals surface area contributed by atoms with Crippen molar-refractivity contribution in [1.82, 2.24) is 14.8 Å². The minimum atomic E-state index is 0.312. The molecule has 3 aromatic rings. The molecule has 0 spiro atoms. The molecule has 0 amide bonds. The normalized spacial score (nSPS) is 11.0. The van der Waals surface area contributed by atoms with Gasteiger partial charge < -0.3 is 8.98 Å². The van der Waals surface area contributed by atoms with Crippen LogP contribution < -0.4 is 0 Å². The molecule has 0 aliphatic heterocycles. The van der Waals surface area contributed by atoms with Gasteiger partial charge in [0, 0.05) is 17.5 Å². The largest absolute Gasteiger partial charge is 0.422 e. The first-order valence-corrected chi connectivity index (χ1v) is 5.60. The Hall–Kier alpha value is -2.14. The van der Waals surface area contributed by atoms with Crippen molar-refractivity contribution in [1.29, 1.82) is 0 Å². The van der Waals surface area contributed by atoms with E-state index in [2.05, 4.69) is 10.2 Å². The third kappa shape index (κ3) is 1.44. The molecule has 0 fully saturated rings. The molecule has 2 aromatic heterocycles. The summed E-state index contributed by atoms with van der Waals surface area (Å²) in [5.74, 6) is 0.312. The molecule has 5 nitrogen and oxygen atoms in total. The monoisotopic (exact) mass is 261 g/mol. The third-order valence-electron chi connectivity index (χ3n) is 2.88. The van der Waals surface area contributed by atoms with Crippen LogP contribution in [0.3, 0.4) is 0 Å². The maximum Gasteiger partial charge on any atom is 0.264 e. The summed E-state index contributed by atoms with van der Waals surface area (Å²) in [6, 6.07) is 5.35. The fraction of sp³-hybridized carbons (Fsp3) is 0.0833. The first-order chi connectivity index (χ1) is 8.72. The SMILES string of the molecule is Cn1c(-c2nnco2)c(C=O)c2ccc(Cl)cc21. The number of rotatable bonds is 2. The number of halogens is 1. The zero-order valence-corrected chi connectivity index (χ0v) is 10.2. The van der Waals surface area contributed by atoms with E-state index in [1.807, 2.05) is 11.6 Å². The van der Waals surface area contributed by atoms with E-state index in [0.717, 1.165) is 17.2 Å². The molecule has 0 aliphatic rings. The second-order valence-electron chi connectivity index (χ2n) is 3.84. The smallest absolute Gasteiger partial charge is 0.264 e. The van der Waals surface area contributed by atoms with Crippen LogP contribution in [0.15, 0.2) is 29.0 Å². The number of hydrogen-bond donors (Lipinski definition) is 0. The van der Waals surface area contributed by atoms with E-state index in [0.29, 0.717) is 22.2 Å². The highest BCUT2D eigenvalue weighted by molar-refractivity contribution is 6.31. The van der Waals surface area contributed by atoms with Gasteiger partial charge in [-0.3, -0.25) is 4.79 Å². The van der Waals surface area contributed by atoms with Crippen molar-refractivity contribution in [2.75, 3.05) is 0 Å². The highest BCUT2D eigenvalue weighted by Gasteiger charge is 2.19. The predicted octanol–water partition coefficient (Wildman–Crippen LogP) is 2.69. The lowest BCUT2D eigenvalue weighted by Crippen LogP contribution is -1.94. The Morgan fingerprint density at radius 1 is 1.44 bits per heavy atom. The van der Waals surface area contributed by atoms with Crippen LogP contribution in [0.4, 0.5) is 0 Å². The van der Waals surface area contributed by atoms with Crippen LogP contribution in [0, 0.1) is 0 Å². The number of nitrogens with zero attached hydrogens (tertiary/aromatic N) is 3. The van der Waals surface area contributed by atoms with Gasteiger partial charge in [-0.15, -0.1) is 10.2 Å². The fourth-order valence-corrected chi connectivity index (χ4v) is 2.26. The Morgan fingerprint density at radius 2 is 2.28 bits per heavy atom. The Labute approximate surface area is 107 Å². The van der Waals surface area contributed by atoms with E-state index in [9.17, 15) is 4.79 Å². The molecule has 0 saturated carbocycles. The van der Waals surface area contributed by atoms with Gasteiger partial charge in [-0.1, -0.05) is 17.7 Å². The van der Waals surface area contributed by atoms with E-state index in [1.165, 1.54) is 6.39 Å². The van der Waals surface area contributed by atoms with Gasteiger partial charge in [0.25, 0.3) is 5.89 Å². The van der Waals surface area contributed by atoms with E-state index >= 15 is 0 Å². The third-order valence-corrected chi connectivity index (χ3v) is 3.12. The highest BCUT2D eigenvalue weighted by Crippen LogP contribution is 2.32. The van der Waals surface area contributed by atoms with Gasteiger partial charge in [-0.05, 0) is 12.1 Å². The van der Waals surface area contributed by atoms with Crippen molar-refractivity contribution in [3.63, 3.8) is 0 Å². The van der Waals surface area contributed by atoms with Gasteiger partial charge in [-0.25, -0.2) is 0 Å². The second kappa shape index (κ2) is 3.96. The van der Waals surface area contributed by atoms with Crippen LogP contribution in [-0.2, 0) is 7.05 Å². The number of benzene rings is 1. The lowest BCUT2D eigenvalue weighted by molar-refractivity contribution is 0.112. The molecule has 1 aromatic carbocycles. The van der Waals surface area contributed by atoms with Gasteiger partial charge in [0.05, 0.1) is 11.1 Å². The Bertz CT molecular complexity index is 731. The number of aromatic nitrogens is 3. The molecule has 0 N–H and O–H groups in total. The quantitative estimate of drug-likeness (QED) is 0.666. The molecule has 6 heteroatoms. The van der Waals surface area contributed by atoms with Gasteiger partial charge in [-0.2, -0.15) is 0 Å². The zero-order chi connectivity index (χ0) is 12.7. The standard InChI is InChI=1S/C12H8ClN3O2/c1-16-10-4-7(13)2-3-8(10)9(5-17)11(16)12-15-14-6-18-12/h2-6H,1H3. The summed E-state index contributed by atoms with van der Waals surface area (Å²) in [4.78, 5) is 11.3. The van der Waals surface area contributed by atoms with Crippen molar-refractivity contribution in [3.8, 4) is 11.6 Å². The summed E-state index contributed by atoms with van der Waals surface area (Å²) >= 11 is 5.97. The summed E-state index contributed by atoms with van der Waals surface area (Å²) in [6.07, 6.45) is 2.02.